The summed E-state index contributed by atoms with van der Waals surface area (Å²) >= 11 is 5.91. The molecule has 0 fully saturated rings. The highest BCUT2D eigenvalue weighted by atomic mass is 35.5. The van der Waals surface area contributed by atoms with E-state index in [0.717, 1.165) is 18.1 Å². The summed E-state index contributed by atoms with van der Waals surface area (Å²) in [6.45, 7) is 4.04. The summed E-state index contributed by atoms with van der Waals surface area (Å²) in [5, 5.41) is 14.0. The molecule has 0 aromatic heterocycles. The number of hydrogen-bond acceptors (Lipinski definition) is 2. The Labute approximate surface area is 129 Å². The summed E-state index contributed by atoms with van der Waals surface area (Å²) in [4.78, 5) is 0. The van der Waals surface area contributed by atoms with E-state index in [1.165, 1.54) is 6.07 Å². The van der Waals surface area contributed by atoms with Crippen LogP contribution in [-0.2, 0) is 0 Å². The van der Waals surface area contributed by atoms with Gasteiger partial charge in [-0.1, -0.05) is 36.7 Å². The highest BCUT2D eigenvalue weighted by Gasteiger charge is 2.16. The zero-order valence-corrected chi connectivity index (χ0v) is 12.9. The van der Waals surface area contributed by atoms with E-state index in [1.807, 2.05) is 31.2 Å². The monoisotopic (exact) mass is 307 g/mol. The van der Waals surface area contributed by atoms with Crippen LogP contribution in [0.5, 0.6) is 5.75 Å². The lowest BCUT2D eigenvalue weighted by Crippen LogP contribution is -2.24. The maximum absolute atomic E-state index is 13.0. The highest BCUT2D eigenvalue weighted by Crippen LogP contribution is 2.28. The third kappa shape index (κ3) is 3.96. The average molecular weight is 308 g/mol. The van der Waals surface area contributed by atoms with Gasteiger partial charge < -0.3 is 10.4 Å². The van der Waals surface area contributed by atoms with Crippen molar-refractivity contribution in [3.8, 4) is 5.75 Å². The molecule has 2 atom stereocenters. The van der Waals surface area contributed by atoms with E-state index in [-0.39, 0.29) is 17.8 Å². The summed E-state index contributed by atoms with van der Waals surface area (Å²) in [6, 6.07) is 11.8. The summed E-state index contributed by atoms with van der Waals surface area (Å²) in [5.74, 6) is -0.464. The van der Waals surface area contributed by atoms with Crippen molar-refractivity contribution in [3.05, 3.63) is 64.4 Å². The average Bonchev–Trinajstić information content (AvgIpc) is 2.45. The molecule has 2 N–H and O–H groups in total. The van der Waals surface area contributed by atoms with Gasteiger partial charge in [0.1, 0.15) is 11.6 Å². The van der Waals surface area contributed by atoms with Crippen molar-refractivity contribution in [1.29, 1.82) is 0 Å². The van der Waals surface area contributed by atoms with Crippen LogP contribution in [0, 0.1) is 5.82 Å². The van der Waals surface area contributed by atoms with Gasteiger partial charge in [-0.25, -0.2) is 4.39 Å². The molecular weight excluding hydrogens is 289 g/mol. The van der Waals surface area contributed by atoms with Crippen molar-refractivity contribution in [3.63, 3.8) is 0 Å². The van der Waals surface area contributed by atoms with E-state index in [2.05, 4.69) is 12.2 Å². The van der Waals surface area contributed by atoms with Gasteiger partial charge in [-0.05, 0) is 37.1 Å². The third-order valence-electron chi connectivity index (χ3n) is 3.59. The molecule has 0 aliphatic heterocycles. The minimum absolute atomic E-state index is 0.0269. The van der Waals surface area contributed by atoms with Crippen molar-refractivity contribution in [2.24, 2.45) is 0 Å². The second-order valence-corrected chi connectivity index (χ2v) is 5.54. The Morgan fingerprint density at radius 3 is 2.43 bits per heavy atom. The number of rotatable bonds is 5. The molecule has 0 saturated heterocycles. The quantitative estimate of drug-likeness (QED) is 0.816. The Balaban J connectivity index is 2.15. The van der Waals surface area contributed by atoms with Crippen LogP contribution in [0.4, 0.5) is 4.39 Å². The van der Waals surface area contributed by atoms with E-state index >= 15 is 0 Å². The Morgan fingerprint density at radius 2 is 1.86 bits per heavy atom. The van der Waals surface area contributed by atoms with E-state index in [0.29, 0.717) is 10.6 Å². The number of nitrogens with one attached hydrogen (secondary N) is 1. The first kappa shape index (κ1) is 15.8. The van der Waals surface area contributed by atoms with Crippen molar-refractivity contribution in [1.82, 2.24) is 5.32 Å². The zero-order valence-electron chi connectivity index (χ0n) is 12.1. The van der Waals surface area contributed by atoms with Gasteiger partial charge >= 0.3 is 0 Å². The molecule has 112 valence electrons. The van der Waals surface area contributed by atoms with Gasteiger partial charge in [-0.3, -0.25) is 0 Å². The number of aromatic hydroxyl groups is 1. The molecular formula is C17H19ClFNO. The van der Waals surface area contributed by atoms with Gasteiger partial charge in [0, 0.05) is 28.7 Å². The lowest BCUT2D eigenvalue weighted by Gasteiger charge is -2.23. The number of hydrogen-bond donors (Lipinski definition) is 2. The first-order valence-corrected chi connectivity index (χ1v) is 7.39. The fraction of sp³-hybridized carbons (Fsp3) is 0.294. The Morgan fingerprint density at radius 1 is 1.19 bits per heavy atom. The maximum Gasteiger partial charge on any atom is 0.126 e. The number of halogens is 2. The molecule has 2 rings (SSSR count). The van der Waals surface area contributed by atoms with Crippen LogP contribution >= 0.6 is 11.6 Å². The Kier molecular flexibility index (Phi) is 5.21. The van der Waals surface area contributed by atoms with Gasteiger partial charge in [0.25, 0.3) is 0 Å². The van der Waals surface area contributed by atoms with E-state index in [9.17, 15) is 9.50 Å². The summed E-state index contributed by atoms with van der Waals surface area (Å²) < 4.78 is 13.0. The molecule has 0 radical (unpaired) electrons. The number of benzene rings is 2. The number of phenolic OH excluding ortho intramolecular Hbond substituents is 1. The molecule has 0 bridgehead atoms. The van der Waals surface area contributed by atoms with Crippen LogP contribution in [0.3, 0.4) is 0 Å². The second kappa shape index (κ2) is 6.92. The van der Waals surface area contributed by atoms with Gasteiger partial charge in [-0.2, -0.15) is 0 Å². The van der Waals surface area contributed by atoms with Crippen molar-refractivity contribution in [2.75, 3.05) is 0 Å². The molecule has 0 aliphatic carbocycles. The summed E-state index contributed by atoms with van der Waals surface area (Å²) in [5.41, 5.74) is 1.82. The Bertz CT molecular complexity index is 600. The lowest BCUT2D eigenvalue weighted by molar-refractivity contribution is 0.421. The molecule has 4 heteroatoms. The van der Waals surface area contributed by atoms with E-state index in [1.54, 1.807) is 6.07 Å². The lowest BCUT2D eigenvalue weighted by atomic mass is 10.0. The van der Waals surface area contributed by atoms with Crippen LogP contribution in [0.2, 0.25) is 5.02 Å². The molecule has 0 amide bonds. The van der Waals surface area contributed by atoms with Crippen LogP contribution in [0.1, 0.15) is 43.5 Å². The molecule has 2 nitrogen and oxygen atoms in total. The van der Waals surface area contributed by atoms with E-state index < -0.39 is 5.82 Å². The fourth-order valence-electron chi connectivity index (χ4n) is 2.42. The van der Waals surface area contributed by atoms with Crippen molar-refractivity contribution in [2.45, 2.75) is 32.4 Å². The SMILES string of the molecule is CCC(NC(C)c1ccc(F)cc1O)c1ccc(Cl)cc1. The smallest absolute Gasteiger partial charge is 0.126 e. The van der Waals surface area contributed by atoms with Crippen LogP contribution < -0.4 is 5.32 Å². The van der Waals surface area contributed by atoms with Gasteiger partial charge in [0.15, 0.2) is 0 Å². The summed E-state index contributed by atoms with van der Waals surface area (Å²) in [6.07, 6.45) is 0.897. The van der Waals surface area contributed by atoms with Gasteiger partial charge in [0.2, 0.25) is 0 Å². The standard InChI is InChI=1S/C17H19ClFNO/c1-3-16(12-4-6-13(18)7-5-12)20-11(2)15-9-8-14(19)10-17(15)21/h4-11,16,20-21H,3H2,1-2H3. The topological polar surface area (TPSA) is 32.3 Å². The molecule has 0 spiro atoms. The van der Waals surface area contributed by atoms with Crippen LogP contribution in [-0.4, -0.2) is 5.11 Å². The molecule has 2 aromatic carbocycles. The van der Waals surface area contributed by atoms with Crippen LogP contribution in [0.15, 0.2) is 42.5 Å². The largest absolute Gasteiger partial charge is 0.508 e. The summed E-state index contributed by atoms with van der Waals surface area (Å²) in [7, 11) is 0. The molecule has 2 aromatic rings. The minimum atomic E-state index is -0.437. The van der Waals surface area contributed by atoms with Crippen molar-refractivity contribution < 1.29 is 9.50 Å². The minimum Gasteiger partial charge on any atom is -0.508 e. The van der Waals surface area contributed by atoms with Gasteiger partial charge in [0.05, 0.1) is 0 Å². The molecule has 0 saturated carbocycles. The normalized spacial score (nSPS) is 13.9. The number of phenols is 1. The zero-order chi connectivity index (χ0) is 15.4. The first-order valence-electron chi connectivity index (χ1n) is 7.01. The first-order chi connectivity index (χ1) is 10.0. The maximum atomic E-state index is 13.0. The predicted octanol–water partition coefficient (Wildman–Crippen LogP) is 4.99. The third-order valence-corrected chi connectivity index (χ3v) is 3.84. The van der Waals surface area contributed by atoms with Gasteiger partial charge in [-0.15, -0.1) is 0 Å². The van der Waals surface area contributed by atoms with Crippen LogP contribution in [0.25, 0.3) is 0 Å². The molecule has 0 heterocycles. The Hall–Kier alpha value is -1.58. The molecule has 0 aliphatic rings. The predicted molar refractivity (Wildman–Crippen MR) is 84.1 cm³/mol. The highest BCUT2D eigenvalue weighted by molar-refractivity contribution is 6.30. The molecule has 2 unspecified atom stereocenters. The van der Waals surface area contributed by atoms with Crippen molar-refractivity contribution >= 4 is 11.6 Å². The molecule has 21 heavy (non-hydrogen) atoms. The fourth-order valence-corrected chi connectivity index (χ4v) is 2.55. The van der Waals surface area contributed by atoms with E-state index in [4.69, 9.17) is 11.6 Å². The second-order valence-electron chi connectivity index (χ2n) is 5.10.